The van der Waals surface area contributed by atoms with E-state index >= 15 is 0 Å². The number of piperazine rings is 1. The summed E-state index contributed by atoms with van der Waals surface area (Å²) < 4.78 is 4.92. The van der Waals surface area contributed by atoms with E-state index in [9.17, 15) is 9.59 Å². The minimum atomic E-state index is -0.547. The highest BCUT2D eigenvalue weighted by Crippen LogP contribution is 2.07. The van der Waals surface area contributed by atoms with Gasteiger partial charge >= 0.3 is 5.97 Å². The summed E-state index contributed by atoms with van der Waals surface area (Å²) in [6, 6.07) is -0.547. The maximum atomic E-state index is 11.7. The van der Waals surface area contributed by atoms with E-state index in [4.69, 9.17) is 11.2 Å². The summed E-state index contributed by atoms with van der Waals surface area (Å²) in [5, 5.41) is 3.05. The second-order valence-corrected chi connectivity index (χ2v) is 3.44. The van der Waals surface area contributed by atoms with Gasteiger partial charge in [-0.15, -0.1) is 6.42 Å². The second-order valence-electron chi connectivity index (χ2n) is 3.44. The predicted molar refractivity (Wildman–Crippen MR) is 58.5 cm³/mol. The van der Waals surface area contributed by atoms with Gasteiger partial charge in [-0.25, -0.2) is 4.79 Å². The van der Waals surface area contributed by atoms with Gasteiger partial charge in [0.15, 0.2) is 0 Å². The van der Waals surface area contributed by atoms with Crippen molar-refractivity contribution in [1.29, 1.82) is 0 Å². The number of hydrogen-bond acceptors (Lipinski definition) is 4. The molecule has 1 saturated heterocycles. The summed E-state index contributed by atoms with van der Waals surface area (Å²) in [7, 11) is 0. The molecular weight excluding hydrogens is 208 g/mol. The molecule has 0 aromatic rings. The Balaban J connectivity index is 2.67. The van der Waals surface area contributed by atoms with Gasteiger partial charge in [-0.2, -0.15) is 0 Å². The number of terminal acetylenes is 1. The first kappa shape index (κ1) is 12.5. The lowest BCUT2D eigenvalue weighted by Gasteiger charge is -2.34. The fourth-order valence-corrected chi connectivity index (χ4v) is 1.64. The minimum absolute atomic E-state index is 0.0237. The molecule has 1 atom stereocenters. The fourth-order valence-electron chi connectivity index (χ4n) is 1.64. The van der Waals surface area contributed by atoms with Gasteiger partial charge < -0.3 is 15.0 Å². The molecule has 1 fully saturated rings. The van der Waals surface area contributed by atoms with Crippen LogP contribution in [0, 0.1) is 12.3 Å². The smallest absolute Gasteiger partial charge is 0.330 e. The van der Waals surface area contributed by atoms with Crippen LogP contribution in [-0.2, 0) is 14.3 Å². The van der Waals surface area contributed by atoms with E-state index in [0.29, 0.717) is 26.2 Å². The molecule has 0 aliphatic carbocycles. The van der Waals surface area contributed by atoms with Gasteiger partial charge in [-0.3, -0.25) is 4.79 Å². The zero-order chi connectivity index (χ0) is 12.0. The Morgan fingerprint density at radius 2 is 2.38 bits per heavy atom. The Bertz CT molecular complexity index is 309. The summed E-state index contributed by atoms with van der Waals surface area (Å²) in [5.41, 5.74) is 0. The molecule has 0 spiro atoms. The molecule has 1 heterocycles. The highest BCUT2D eigenvalue weighted by atomic mass is 16.5. The molecule has 5 heteroatoms. The van der Waals surface area contributed by atoms with Crippen LogP contribution >= 0.6 is 0 Å². The number of hydrogen-bond donors (Lipinski definition) is 1. The summed E-state index contributed by atoms with van der Waals surface area (Å²) in [6.07, 6.45) is 5.11. The van der Waals surface area contributed by atoms with Crippen LogP contribution in [-0.4, -0.2) is 49.1 Å². The van der Waals surface area contributed by atoms with Crippen molar-refractivity contribution in [3.8, 4) is 12.3 Å². The summed E-state index contributed by atoms with van der Waals surface area (Å²) in [5.74, 6) is 1.73. The highest BCUT2D eigenvalue weighted by Gasteiger charge is 2.32. The number of rotatable bonds is 3. The van der Waals surface area contributed by atoms with E-state index in [1.54, 1.807) is 6.92 Å². The van der Waals surface area contributed by atoms with E-state index in [1.807, 2.05) is 0 Å². The maximum Gasteiger partial charge on any atom is 0.330 e. The first-order chi connectivity index (χ1) is 7.70. The number of nitrogens with one attached hydrogen (secondary N) is 1. The van der Waals surface area contributed by atoms with Crippen LogP contribution in [0.1, 0.15) is 13.3 Å². The molecule has 16 heavy (non-hydrogen) atoms. The third-order valence-corrected chi connectivity index (χ3v) is 2.38. The molecule has 0 saturated carbocycles. The first-order valence-corrected chi connectivity index (χ1v) is 5.31. The molecule has 0 bridgehead atoms. The van der Waals surface area contributed by atoms with Crippen molar-refractivity contribution in [2.24, 2.45) is 0 Å². The van der Waals surface area contributed by atoms with Gasteiger partial charge in [-0.1, -0.05) is 5.92 Å². The lowest BCUT2D eigenvalue weighted by atomic mass is 10.1. The standard InChI is InChI=1S/C11H16N2O3/c1-3-5-10(14)13-7-6-12-8-9(13)11(15)16-4-2/h1,9,12H,4-8H2,2H3. The number of ether oxygens (including phenoxy) is 1. The normalized spacial score (nSPS) is 20.0. The van der Waals surface area contributed by atoms with Gasteiger partial charge in [0.25, 0.3) is 0 Å². The molecule has 1 amide bonds. The minimum Gasteiger partial charge on any atom is -0.464 e. The van der Waals surface area contributed by atoms with Crippen molar-refractivity contribution in [3.05, 3.63) is 0 Å². The van der Waals surface area contributed by atoms with Gasteiger partial charge in [-0.05, 0) is 6.92 Å². The Labute approximate surface area is 95.1 Å². The van der Waals surface area contributed by atoms with Gasteiger partial charge in [0.1, 0.15) is 6.04 Å². The van der Waals surface area contributed by atoms with Crippen molar-refractivity contribution in [3.63, 3.8) is 0 Å². The van der Waals surface area contributed by atoms with Crippen molar-refractivity contribution in [2.45, 2.75) is 19.4 Å². The topological polar surface area (TPSA) is 58.6 Å². The molecule has 5 nitrogen and oxygen atoms in total. The summed E-state index contributed by atoms with van der Waals surface area (Å²) >= 11 is 0. The van der Waals surface area contributed by atoms with Crippen LogP contribution in [0.4, 0.5) is 0 Å². The Morgan fingerprint density at radius 1 is 1.62 bits per heavy atom. The van der Waals surface area contributed by atoms with Crippen molar-refractivity contribution < 1.29 is 14.3 Å². The number of esters is 1. The number of carbonyl (C=O) groups is 2. The molecular formula is C11H16N2O3. The summed E-state index contributed by atoms with van der Waals surface area (Å²) in [4.78, 5) is 24.8. The largest absolute Gasteiger partial charge is 0.464 e. The van der Waals surface area contributed by atoms with E-state index in [2.05, 4.69) is 11.2 Å². The quantitative estimate of drug-likeness (QED) is 0.512. The molecule has 1 N–H and O–H groups in total. The van der Waals surface area contributed by atoms with Crippen molar-refractivity contribution in [2.75, 3.05) is 26.2 Å². The molecule has 1 rings (SSSR count). The average molecular weight is 224 g/mol. The third-order valence-electron chi connectivity index (χ3n) is 2.38. The van der Waals surface area contributed by atoms with Crippen LogP contribution in [0.3, 0.4) is 0 Å². The zero-order valence-electron chi connectivity index (χ0n) is 9.36. The molecule has 0 aromatic carbocycles. The third kappa shape index (κ3) is 2.97. The molecule has 88 valence electrons. The average Bonchev–Trinajstić information content (AvgIpc) is 2.30. The number of carbonyl (C=O) groups excluding carboxylic acids is 2. The SMILES string of the molecule is C#CCC(=O)N1CCNCC1C(=O)OCC. The van der Waals surface area contributed by atoms with Gasteiger partial charge in [0.05, 0.1) is 13.0 Å². The lowest BCUT2D eigenvalue weighted by Crippen LogP contribution is -2.57. The first-order valence-electron chi connectivity index (χ1n) is 5.31. The lowest BCUT2D eigenvalue weighted by molar-refractivity contribution is -0.155. The molecule has 0 radical (unpaired) electrons. The van der Waals surface area contributed by atoms with E-state index in [0.717, 1.165) is 0 Å². The van der Waals surface area contributed by atoms with Gasteiger partial charge in [0.2, 0.25) is 5.91 Å². The number of amides is 1. The van der Waals surface area contributed by atoms with Crippen LogP contribution in [0.2, 0.25) is 0 Å². The Morgan fingerprint density at radius 3 is 3.00 bits per heavy atom. The molecule has 1 unspecified atom stereocenters. The fraction of sp³-hybridized carbons (Fsp3) is 0.636. The second kappa shape index (κ2) is 6.13. The van der Waals surface area contributed by atoms with Crippen LogP contribution in [0.5, 0.6) is 0 Å². The molecule has 1 aliphatic rings. The van der Waals surface area contributed by atoms with Crippen LogP contribution in [0.25, 0.3) is 0 Å². The predicted octanol–water partition coefficient (Wildman–Crippen LogP) is -0.627. The maximum absolute atomic E-state index is 11.7. The van der Waals surface area contributed by atoms with E-state index in [-0.39, 0.29) is 18.3 Å². The Hall–Kier alpha value is -1.54. The van der Waals surface area contributed by atoms with Crippen LogP contribution < -0.4 is 5.32 Å². The van der Waals surface area contributed by atoms with Crippen molar-refractivity contribution in [1.82, 2.24) is 10.2 Å². The number of nitrogens with zero attached hydrogens (tertiary/aromatic N) is 1. The zero-order valence-corrected chi connectivity index (χ0v) is 9.36. The van der Waals surface area contributed by atoms with Crippen molar-refractivity contribution >= 4 is 11.9 Å². The highest BCUT2D eigenvalue weighted by molar-refractivity contribution is 5.86. The monoisotopic (exact) mass is 224 g/mol. The van der Waals surface area contributed by atoms with Gasteiger partial charge in [0, 0.05) is 19.6 Å². The Kier molecular flexibility index (Phi) is 4.80. The van der Waals surface area contributed by atoms with E-state index in [1.165, 1.54) is 4.90 Å². The summed E-state index contributed by atoms with van der Waals surface area (Å²) in [6.45, 7) is 3.64. The van der Waals surface area contributed by atoms with E-state index < -0.39 is 6.04 Å². The van der Waals surface area contributed by atoms with Crippen LogP contribution in [0.15, 0.2) is 0 Å². The molecule has 0 aromatic heterocycles. The molecule has 1 aliphatic heterocycles.